The highest BCUT2D eigenvalue weighted by molar-refractivity contribution is 5.38. The minimum absolute atomic E-state index is 0.108. The van der Waals surface area contributed by atoms with Gasteiger partial charge in [0.15, 0.2) is 0 Å². The molecule has 1 aromatic carbocycles. The Morgan fingerprint density at radius 1 is 1.22 bits per heavy atom. The third-order valence-electron chi connectivity index (χ3n) is 7.51. The number of rotatable bonds is 1. The average molecular weight is 314 g/mol. The topological polar surface area (TPSA) is 40.5 Å². The van der Waals surface area contributed by atoms with Gasteiger partial charge in [0, 0.05) is 5.92 Å². The molecule has 2 heteroatoms. The second-order valence-electron chi connectivity index (χ2n) is 8.74. The normalized spacial score (nSPS) is 43.4. The summed E-state index contributed by atoms with van der Waals surface area (Å²) in [5.41, 5.74) is 4.30. The fourth-order valence-corrected chi connectivity index (χ4v) is 6.62. The largest absolute Gasteiger partial charge is 0.393 e. The lowest BCUT2D eigenvalue weighted by atomic mass is 9.52. The Bertz CT molecular complexity index is 608. The first kappa shape index (κ1) is 15.7. The van der Waals surface area contributed by atoms with Gasteiger partial charge in [-0.05, 0) is 80.2 Å². The molecule has 2 nitrogen and oxygen atoms in total. The molecule has 7 atom stereocenters. The zero-order chi connectivity index (χ0) is 16.4. The molecule has 0 aliphatic heterocycles. The van der Waals surface area contributed by atoms with E-state index in [1.165, 1.54) is 29.5 Å². The maximum Gasteiger partial charge on any atom is 0.0617 e. The van der Waals surface area contributed by atoms with Crippen LogP contribution >= 0.6 is 0 Å². The van der Waals surface area contributed by atoms with Gasteiger partial charge in [-0.1, -0.05) is 30.7 Å². The molecule has 2 N–H and O–H groups in total. The number of benzene rings is 1. The van der Waals surface area contributed by atoms with Crippen LogP contribution in [0.4, 0.5) is 0 Å². The summed E-state index contributed by atoms with van der Waals surface area (Å²) in [6.07, 6.45) is 5.02. The van der Waals surface area contributed by atoms with Crippen LogP contribution in [0.3, 0.4) is 0 Å². The first-order valence-electron chi connectivity index (χ1n) is 9.37. The Balaban J connectivity index is 1.73. The van der Waals surface area contributed by atoms with Crippen molar-refractivity contribution in [3.63, 3.8) is 0 Å². The van der Waals surface area contributed by atoms with Crippen molar-refractivity contribution in [2.24, 2.45) is 23.2 Å². The predicted octanol–water partition coefficient (Wildman–Crippen LogP) is 3.82. The van der Waals surface area contributed by atoms with E-state index in [9.17, 15) is 10.2 Å². The average Bonchev–Trinajstić information content (AvgIpc) is 2.83. The van der Waals surface area contributed by atoms with Gasteiger partial charge in [-0.25, -0.2) is 0 Å². The van der Waals surface area contributed by atoms with Crippen molar-refractivity contribution in [1.29, 1.82) is 0 Å². The lowest BCUT2D eigenvalue weighted by Crippen LogP contribution is -2.50. The molecule has 3 aliphatic rings. The van der Waals surface area contributed by atoms with E-state index in [0.29, 0.717) is 23.7 Å². The van der Waals surface area contributed by atoms with Crippen LogP contribution in [-0.4, -0.2) is 22.4 Å². The lowest BCUT2D eigenvalue weighted by molar-refractivity contribution is -0.0754. The van der Waals surface area contributed by atoms with Crippen molar-refractivity contribution in [2.75, 3.05) is 0 Å². The summed E-state index contributed by atoms with van der Waals surface area (Å²) in [5.74, 6) is 1.90. The van der Waals surface area contributed by atoms with Gasteiger partial charge in [0.25, 0.3) is 0 Å². The zero-order valence-corrected chi connectivity index (χ0v) is 14.6. The number of hydrogen-bond acceptors (Lipinski definition) is 2. The van der Waals surface area contributed by atoms with Gasteiger partial charge in [0.2, 0.25) is 0 Å². The lowest BCUT2D eigenvalue weighted by Gasteiger charge is -2.53. The number of aliphatic hydroxyl groups is 2. The van der Waals surface area contributed by atoms with Gasteiger partial charge >= 0.3 is 0 Å². The van der Waals surface area contributed by atoms with E-state index >= 15 is 0 Å². The number of aliphatic hydroxyl groups excluding tert-OH is 2. The van der Waals surface area contributed by atoms with Crippen LogP contribution in [0.2, 0.25) is 0 Å². The molecule has 2 saturated carbocycles. The third kappa shape index (κ3) is 2.21. The van der Waals surface area contributed by atoms with E-state index in [1.54, 1.807) is 0 Å². The molecule has 5 unspecified atom stereocenters. The van der Waals surface area contributed by atoms with Crippen LogP contribution in [0.25, 0.3) is 0 Å². The van der Waals surface area contributed by atoms with Crippen LogP contribution in [0.15, 0.2) is 18.2 Å². The predicted molar refractivity (Wildman–Crippen MR) is 92.4 cm³/mol. The highest BCUT2D eigenvalue weighted by Crippen LogP contribution is 2.63. The smallest absolute Gasteiger partial charge is 0.0617 e. The summed E-state index contributed by atoms with van der Waals surface area (Å²) >= 11 is 0. The Hall–Kier alpha value is -0.860. The van der Waals surface area contributed by atoms with E-state index in [0.717, 1.165) is 19.3 Å². The summed E-state index contributed by atoms with van der Waals surface area (Å²) in [7, 11) is 0. The first-order chi connectivity index (χ1) is 10.9. The number of aryl methyl sites for hydroxylation is 2. The van der Waals surface area contributed by atoms with Gasteiger partial charge in [0.05, 0.1) is 12.2 Å². The maximum absolute atomic E-state index is 11.1. The summed E-state index contributed by atoms with van der Waals surface area (Å²) in [6.45, 7) is 6.44. The highest BCUT2D eigenvalue weighted by atomic mass is 16.3. The first-order valence-corrected chi connectivity index (χ1v) is 9.37. The second kappa shape index (κ2) is 5.32. The molecule has 0 amide bonds. The summed E-state index contributed by atoms with van der Waals surface area (Å²) in [6, 6.07) is 6.79. The van der Waals surface area contributed by atoms with Crippen LogP contribution < -0.4 is 0 Å². The molecule has 4 rings (SSSR count). The van der Waals surface area contributed by atoms with E-state index in [-0.39, 0.29) is 17.6 Å². The standard InChI is InChI=1S/C21H30O2/c1-12-4-6-15-14(10-12)5-7-16-18-9-8-17(13(2)22)21(18,3)11-19(23)20(15)16/h4,6,10,13,16-20,22-23H,5,7-9,11H2,1-3H3/t13?,16?,17?,18?,19-,20?,21-/m1/s1. The van der Waals surface area contributed by atoms with Gasteiger partial charge in [-0.15, -0.1) is 0 Å². The van der Waals surface area contributed by atoms with E-state index in [4.69, 9.17) is 0 Å². The van der Waals surface area contributed by atoms with Gasteiger partial charge < -0.3 is 10.2 Å². The molecule has 0 radical (unpaired) electrons. The molecule has 0 heterocycles. The van der Waals surface area contributed by atoms with Crippen molar-refractivity contribution in [2.45, 2.75) is 71.0 Å². The monoisotopic (exact) mass is 314 g/mol. The summed E-state index contributed by atoms with van der Waals surface area (Å²) in [4.78, 5) is 0. The van der Waals surface area contributed by atoms with E-state index in [1.807, 2.05) is 6.92 Å². The van der Waals surface area contributed by atoms with Crippen molar-refractivity contribution >= 4 is 0 Å². The number of fused-ring (bicyclic) bond motifs is 5. The molecule has 126 valence electrons. The van der Waals surface area contributed by atoms with Gasteiger partial charge in [0.1, 0.15) is 0 Å². The molecule has 0 bridgehead atoms. The van der Waals surface area contributed by atoms with Crippen molar-refractivity contribution in [3.05, 3.63) is 34.9 Å². The molecular formula is C21H30O2. The highest BCUT2D eigenvalue weighted by Gasteiger charge is 2.58. The van der Waals surface area contributed by atoms with Gasteiger partial charge in [-0.2, -0.15) is 0 Å². The fraction of sp³-hybridized carbons (Fsp3) is 0.714. The Morgan fingerprint density at radius 2 is 2.00 bits per heavy atom. The Labute approximate surface area is 139 Å². The molecule has 2 fully saturated rings. The molecule has 0 saturated heterocycles. The summed E-state index contributed by atoms with van der Waals surface area (Å²) < 4.78 is 0. The SMILES string of the molecule is Cc1ccc2c(c1)CCC1C2[C@H](O)C[C@]2(C)C(C(C)O)CCC12. The van der Waals surface area contributed by atoms with E-state index in [2.05, 4.69) is 32.0 Å². The van der Waals surface area contributed by atoms with Crippen molar-refractivity contribution < 1.29 is 10.2 Å². The second-order valence-corrected chi connectivity index (χ2v) is 8.74. The van der Waals surface area contributed by atoms with Crippen molar-refractivity contribution in [1.82, 2.24) is 0 Å². The van der Waals surface area contributed by atoms with Crippen LogP contribution in [0, 0.1) is 30.1 Å². The van der Waals surface area contributed by atoms with Crippen LogP contribution in [-0.2, 0) is 6.42 Å². The van der Waals surface area contributed by atoms with Gasteiger partial charge in [-0.3, -0.25) is 0 Å². The summed E-state index contributed by atoms with van der Waals surface area (Å²) in [5, 5.41) is 21.3. The number of hydrogen-bond donors (Lipinski definition) is 2. The molecule has 1 aromatic rings. The maximum atomic E-state index is 11.1. The third-order valence-corrected chi connectivity index (χ3v) is 7.51. The molecular weight excluding hydrogens is 284 g/mol. The Morgan fingerprint density at radius 3 is 2.74 bits per heavy atom. The zero-order valence-electron chi connectivity index (χ0n) is 14.6. The minimum atomic E-state index is -0.262. The quantitative estimate of drug-likeness (QED) is 0.827. The van der Waals surface area contributed by atoms with Crippen LogP contribution in [0.1, 0.15) is 62.1 Å². The molecule has 0 spiro atoms. The molecule has 23 heavy (non-hydrogen) atoms. The van der Waals surface area contributed by atoms with Crippen LogP contribution in [0.5, 0.6) is 0 Å². The minimum Gasteiger partial charge on any atom is -0.393 e. The molecule has 3 aliphatic carbocycles. The fourth-order valence-electron chi connectivity index (χ4n) is 6.62. The van der Waals surface area contributed by atoms with Crippen molar-refractivity contribution in [3.8, 4) is 0 Å². The van der Waals surface area contributed by atoms with E-state index < -0.39 is 0 Å². The Kier molecular flexibility index (Phi) is 3.62. The molecule has 0 aromatic heterocycles.